The van der Waals surface area contributed by atoms with Crippen LogP contribution in [0.3, 0.4) is 0 Å². The van der Waals surface area contributed by atoms with Crippen LogP contribution in [0.25, 0.3) is 0 Å². The van der Waals surface area contributed by atoms with E-state index in [-0.39, 0.29) is 18.1 Å². The second-order valence-corrected chi connectivity index (χ2v) is 7.89. The number of aryl methyl sites for hydroxylation is 1. The van der Waals surface area contributed by atoms with Gasteiger partial charge < -0.3 is 19.3 Å². The zero-order valence-electron chi connectivity index (χ0n) is 17.5. The third-order valence-corrected chi connectivity index (χ3v) is 5.49. The van der Waals surface area contributed by atoms with Crippen molar-refractivity contribution in [1.29, 1.82) is 0 Å². The standard InChI is InChI=1S/C22H28N4O3/c1-14-11-26(12-15(2)29-14)21-19-13-25(10-9-20(19)23-16(3)24-21)22(27)17-5-7-18(28-4)8-6-17/h5-8,14-15H,9-13H2,1-4H3. The van der Waals surface area contributed by atoms with Gasteiger partial charge in [0, 0.05) is 37.2 Å². The van der Waals surface area contributed by atoms with Crippen LogP contribution in [0.15, 0.2) is 24.3 Å². The fourth-order valence-electron chi connectivity index (χ4n) is 4.22. The summed E-state index contributed by atoms with van der Waals surface area (Å²) in [5.74, 6) is 2.49. The van der Waals surface area contributed by atoms with Crippen molar-refractivity contribution < 1.29 is 14.3 Å². The first kappa shape index (κ1) is 19.6. The van der Waals surface area contributed by atoms with E-state index in [0.29, 0.717) is 18.7 Å². The first-order valence-electron chi connectivity index (χ1n) is 10.1. The third-order valence-electron chi connectivity index (χ3n) is 5.49. The summed E-state index contributed by atoms with van der Waals surface area (Å²) in [5, 5.41) is 0. The summed E-state index contributed by atoms with van der Waals surface area (Å²) in [7, 11) is 1.62. The quantitative estimate of drug-likeness (QED) is 0.795. The molecule has 0 N–H and O–H groups in total. The van der Waals surface area contributed by atoms with E-state index in [1.54, 1.807) is 7.11 Å². The minimum absolute atomic E-state index is 0.0218. The van der Waals surface area contributed by atoms with Crippen molar-refractivity contribution in [2.24, 2.45) is 0 Å². The molecule has 0 radical (unpaired) electrons. The number of anilines is 1. The van der Waals surface area contributed by atoms with Gasteiger partial charge in [0.25, 0.3) is 5.91 Å². The van der Waals surface area contributed by atoms with Gasteiger partial charge in [-0.25, -0.2) is 9.97 Å². The molecule has 0 saturated carbocycles. The first-order valence-corrected chi connectivity index (χ1v) is 10.1. The molecule has 2 atom stereocenters. The molecule has 7 nitrogen and oxygen atoms in total. The Morgan fingerprint density at radius 3 is 2.48 bits per heavy atom. The van der Waals surface area contributed by atoms with E-state index >= 15 is 0 Å². The van der Waals surface area contributed by atoms with Crippen LogP contribution in [0.2, 0.25) is 0 Å². The molecule has 2 aromatic rings. The van der Waals surface area contributed by atoms with E-state index in [1.165, 1.54) is 0 Å². The molecule has 0 aliphatic carbocycles. The van der Waals surface area contributed by atoms with Crippen LogP contribution in [0, 0.1) is 6.92 Å². The Balaban J connectivity index is 1.61. The molecule has 0 bridgehead atoms. The lowest BCUT2D eigenvalue weighted by Crippen LogP contribution is -2.47. The Kier molecular flexibility index (Phi) is 5.41. The largest absolute Gasteiger partial charge is 0.497 e. The van der Waals surface area contributed by atoms with Gasteiger partial charge in [-0.15, -0.1) is 0 Å². The molecule has 1 amide bonds. The van der Waals surface area contributed by atoms with Gasteiger partial charge in [-0.3, -0.25) is 4.79 Å². The summed E-state index contributed by atoms with van der Waals surface area (Å²) < 4.78 is 11.1. The maximum absolute atomic E-state index is 13.1. The second kappa shape index (κ2) is 7.99. The number of hydrogen-bond donors (Lipinski definition) is 0. The number of morpholine rings is 1. The van der Waals surface area contributed by atoms with E-state index in [4.69, 9.17) is 14.5 Å². The molecule has 154 valence electrons. The van der Waals surface area contributed by atoms with Gasteiger partial charge in [0.2, 0.25) is 0 Å². The van der Waals surface area contributed by atoms with Crippen LogP contribution in [-0.2, 0) is 17.7 Å². The number of hydrogen-bond acceptors (Lipinski definition) is 6. The maximum Gasteiger partial charge on any atom is 0.254 e. The van der Waals surface area contributed by atoms with Gasteiger partial charge >= 0.3 is 0 Å². The zero-order chi connectivity index (χ0) is 20.5. The predicted octanol–water partition coefficient (Wildman–Crippen LogP) is 2.61. The summed E-state index contributed by atoms with van der Waals surface area (Å²) in [6.07, 6.45) is 1.03. The normalized spacial score (nSPS) is 21.7. The van der Waals surface area contributed by atoms with E-state index in [9.17, 15) is 4.79 Å². The summed E-state index contributed by atoms with van der Waals surface area (Å²) in [6.45, 7) is 8.87. The zero-order valence-corrected chi connectivity index (χ0v) is 17.5. The van der Waals surface area contributed by atoms with E-state index in [0.717, 1.165) is 48.2 Å². The molecule has 1 aromatic heterocycles. The van der Waals surface area contributed by atoms with Crippen molar-refractivity contribution in [2.75, 3.05) is 31.6 Å². The lowest BCUT2D eigenvalue weighted by Gasteiger charge is -2.38. The molecule has 2 aliphatic heterocycles. The number of amides is 1. The van der Waals surface area contributed by atoms with E-state index in [1.807, 2.05) is 36.1 Å². The number of carbonyl (C=O) groups is 1. The summed E-state index contributed by atoms with van der Waals surface area (Å²) in [6, 6.07) is 7.27. The van der Waals surface area contributed by atoms with Crippen LogP contribution in [-0.4, -0.2) is 59.7 Å². The minimum Gasteiger partial charge on any atom is -0.497 e. The Bertz CT molecular complexity index is 890. The lowest BCUT2D eigenvalue weighted by molar-refractivity contribution is -0.00560. The monoisotopic (exact) mass is 396 g/mol. The van der Waals surface area contributed by atoms with Crippen molar-refractivity contribution in [2.45, 2.75) is 45.9 Å². The molecule has 7 heteroatoms. The van der Waals surface area contributed by atoms with Crippen molar-refractivity contribution in [1.82, 2.24) is 14.9 Å². The third kappa shape index (κ3) is 4.05. The smallest absolute Gasteiger partial charge is 0.254 e. The Morgan fingerprint density at radius 2 is 1.83 bits per heavy atom. The van der Waals surface area contributed by atoms with E-state index in [2.05, 4.69) is 23.7 Å². The maximum atomic E-state index is 13.1. The van der Waals surface area contributed by atoms with Gasteiger partial charge in [0.15, 0.2) is 0 Å². The Labute approximate surface area is 171 Å². The fraction of sp³-hybridized carbons (Fsp3) is 0.500. The number of ether oxygens (including phenoxy) is 2. The molecule has 1 saturated heterocycles. The van der Waals surface area contributed by atoms with Crippen LogP contribution >= 0.6 is 0 Å². The van der Waals surface area contributed by atoms with Crippen LogP contribution in [0.4, 0.5) is 5.82 Å². The molecule has 4 rings (SSSR count). The molecule has 2 aliphatic rings. The van der Waals surface area contributed by atoms with Crippen LogP contribution < -0.4 is 9.64 Å². The SMILES string of the molecule is COc1ccc(C(=O)N2CCc3nc(C)nc(N4CC(C)OC(C)C4)c3C2)cc1. The lowest BCUT2D eigenvalue weighted by atomic mass is 10.0. The number of fused-ring (bicyclic) bond motifs is 1. The summed E-state index contributed by atoms with van der Waals surface area (Å²) in [4.78, 5) is 26.7. The minimum atomic E-state index is 0.0218. The topological polar surface area (TPSA) is 67.8 Å². The van der Waals surface area contributed by atoms with Gasteiger partial charge in [-0.1, -0.05) is 0 Å². The highest BCUT2D eigenvalue weighted by Crippen LogP contribution is 2.29. The highest BCUT2D eigenvalue weighted by molar-refractivity contribution is 5.94. The molecule has 3 heterocycles. The highest BCUT2D eigenvalue weighted by atomic mass is 16.5. The first-order chi connectivity index (χ1) is 13.9. The molecule has 29 heavy (non-hydrogen) atoms. The average molecular weight is 396 g/mol. The van der Waals surface area contributed by atoms with Gasteiger partial charge in [0.05, 0.1) is 31.6 Å². The number of benzene rings is 1. The van der Waals surface area contributed by atoms with Crippen molar-refractivity contribution >= 4 is 11.7 Å². The molecule has 1 fully saturated rings. The van der Waals surface area contributed by atoms with Crippen molar-refractivity contribution in [3.8, 4) is 5.75 Å². The van der Waals surface area contributed by atoms with Crippen molar-refractivity contribution in [3.63, 3.8) is 0 Å². The van der Waals surface area contributed by atoms with Gasteiger partial charge in [0.1, 0.15) is 17.4 Å². The number of aromatic nitrogens is 2. The second-order valence-electron chi connectivity index (χ2n) is 7.89. The Hall–Kier alpha value is -2.67. The highest BCUT2D eigenvalue weighted by Gasteiger charge is 2.30. The molecule has 2 unspecified atom stereocenters. The average Bonchev–Trinajstić information content (AvgIpc) is 2.71. The molecular formula is C22H28N4O3. The number of rotatable bonds is 3. The van der Waals surface area contributed by atoms with E-state index < -0.39 is 0 Å². The van der Waals surface area contributed by atoms with Gasteiger partial charge in [-0.2, -0.15) is 0 Å². The molecular weight excluding hydrogens is 368 g/mol. The fourth-order valence-corrected chi connectivity index (χ4v) is 4.22. The van der Waals surface area contributed by atoms with Crippen molar-refractivity contribution in [3.05, 3.63) is 46.9 Å². The Morgan fingerprint density at radius 1 is 1.14 bits per heavy atom. The number of nitrogens with zero attached hydrogens (tertiary/aromatic N) is 4. The molecule has 1 aromatic carbocycles. The van der Waals surface area contributed by atoms with Crippen LogP contribution in [0.1, 0.15) is 41.3 Å². The predicted molar refractivity (Wildman–Crippen MR) is 110 cm³/mol. The number of carbonyl (C=O) groups excluding carboxylic acids is 1. The summed E-state index contributed by atoms with van der Waals surface area (Å²) >= 11 is 0. The summed E-state index contributed by atoms with van der Waals surface area (Å²) in [5.41, 5.74) is 2.78. The van der Waals surface area contributed by atoms with Gasteiger partial charge in [-0.05, 0) is 45.0 Å². The van der Waals surface area contributed by atoms with Crippen LogP contribution in [0.5, 0.6) is 5.75 Å². The number of methoxy groups -OCH3 is 1. The molecule has 0 spiro atoms.